The first-order chi connectivity index (χ1) is 7.08. The van der Waals surface area contributed by atoms with Gasteiger partial charge in [0.1, 0.15) is 5.94 Å². The van der Waals surface area contributed by atoms with Crippen LogP contribution in [0.25, 0.3) is 5.57 Å². The zero-order valence-electron chi connectivity index (χ0n) is 9.42. The van der Waals surface area contributed by atoms with Gasteiger partial charge < -0.3 is 10.2 Å². The lowest BCUT2D eigenvalue weighted by atomic mass is 10.2. The molecule has 1 rings (SSSR count). The van der Waals surface area contributed by atoms with Crippen LogP contribution in [0.3, 0.4) is 0 Å². The fourth-order valence-electron chi connectivity index (χ4n) is 1.25. The number of aromatic nitrogens is 1. The third kappa shape index (κ3) is 2.89. The predicted octanol–water partition coefficient (Wildman–Crippen LogP) is 1.27. The van der Waals surface area contributed by atoms with Gasteiger partial charge in [-0.2, -0.15) is 0 Å². The van der Waals surface area contributed by atoms with Crippen LogP contribution in [-0.2, 0) is 4.79 Å². The summed E-state index contributed by atoms with van der Waals surface area (Å²) >= 11 is 1.49. The molecule has 0 fully saturated rings. The topological polar surface area (TPSA) is 45.2 Å². The molecule has 0 aliphatic rings. The molecule has 4 nitrogen and oxygen atoms in total. The van der Waals surface area contributed by atoms with Crippen LogP contribution in [0, 0.1) is 6.92 Å². The quantitative estimate of drug-likeness (QED) is 0.784. The Kier molecular flexibility index (Phi) is 4.03. The van der Waals surface area contributed by atoms with Crippen molar-refractivity contribution in [1.29, 1.82) is 0 Å². The largest absolute Gasteiger partial charge is 0.365 e. The molecule has 0 aliphatic carbocycles. The lowest BCUT2D eigenvalue weighted by Gasteiger charge is -2.08. The third-order valence-corrected chi connectivity index (χ3v) is 3.12. The summed E-state index contributed by atoms with van der Waals surface area (Å²) in [5, 5.41) is 3.80. The Morgan fingerprint density at radius 2 is 2.27 bits per heavy atom. The minimum atomic E-state index is 0.593. The first-order valence-electron chi connectivity index (χ1n) is 4.62. The highest BCUT2D eigenvalue weighted by molar-refractivity contribution is 7.16. The normalized spacial score (nSPS) is 10.2. The zero-order valence-corrected chi connectivity index (χ0v) is 10.2. The van der Waals surface area contributed by atoms with Gasteiger partial charge in [-0.3, -0.25) is 0 Å². The van der Waals surface area contributed by atoms with Crippen molar-refractivity contribution in [3.63, 3.8) is 0 Å². The molecule has 1 heterocycles. The number of likely N-dealkylation sites (N-methyl/N-ethyl adjacent to an activating group) is 1. The molecular formula is C10H15N3OS. The number of anilines is 1. The van der Waals surface area contributed by atoms with Crippen LogP contribution < -0.4 is 5.32 Å². The summed E-state index contributed by atoms with van der Waals surface area (Å²) in [5.41, 5.74) is 1.54. The highest BCUT2D eigenvalue weighted by Gasteiger charge is 2.13. The number of rotatable bonds is 4. The Morgan fingerprint density at radius 1 is 1.60 bits per heavy atom. The van der Waals surface area contributed by atoms with E-state index in [0.29, 0.717) is 12.1 Å². The monoisotopic (exact) mass is 225 g/mol. The predicted molar refractivity (Wildman–Crippen MR) is 64.1 cm³/mol. The van der Waals surface area contributed by atoms with Gasteiger partial charge in [-0.1, -0.05) is 11.3 Å². The third-order valence-electron chi connectivity index (χ3n) is 1.88. The van der Waals surface area contributed by atoms with Crippen molar-refractivity contribution >= 4 is 28.0 Å². The number of hydrogen-bond acceptors (Lipinski definition) is 5. The second-order valence-electron chi connectivity index (χ2n) is 3.50. The van der Waals surface area contributed by atoms with E-state index in [1.807, 2.05) is 38.9 Å². The Labute approximate surface area is 93.6 Å². The number of carbonyl (C=O) groups excluding carboxylic acids is 1. The molecule has 1 N–H and O–H groups in total. The second-order valence-corrected chi connectivity index (χ2v) is 4.50. The standard InChI is InChI=1S/C10H15N3OS/c1-7-9(15-10(11-2)12-7)8(6-14)5-13(3)4/h5H2,1-4H3,(H,11,12). The van der Waals surface area contributed by atoms with Crippen molar-refractivity contribution in [1.82, 2.24) is 9.88 Å². The van der Waals surface area contributed by atoms with E-state index < -0.39 is 0 Å². The number of hydrogen-bond donors (Lipinski definition) is 1. The summed E-state index contributed by atoms with van der Waals surface area (Å²) in [7, 11) is 5.66. The van der Waals surface area contributed by atoms with E-state index in [-0.39, 0.29) is 0 Å². The molecule has 0 radical (unpaired) electrons. The average Bonchev–Trinajstić information content (AvgIpc) is 2.56. The van der Waals surface area contributed by atoms with Crippen molar-refractivity contribution in [2.75, 3.05) is 33.0 Å². The number of nitrogens with zero attached hydrogens (tertiary/aromatic N) is 2. The summed E-state index contributed by atoms with van der Waals surface area (Å²) in [6, 6.07) is 0. The SMILES string of the molecule is CNc1nc(C)c(C(=C=O)CN(C)C)s1. The summed E-state index contributed by atoms with van der Waals surface area (Å²) in [6.07, 6.45) is 0. The summed E-state index contributed by atoms with van der Waals surface area (Å²) < 4.78 is 0. The smallest absolute Gasteiger partial charge is 0.183 e. The molecule has 5 heteroatoms. The van der Waals surface area contributed by atoms with Gasteiger partial charge in [-0.15, -0.1) is 0 Å². The van der Waals surface area contributed by atoms with Gasteiger partial charge in [0, 0.05) is 13.6 Å². The Balaban J connectivity index is 3.02. The molecule has 1 aromatic rings. The van der Waals surface area contributed by atoms with Crippen LogP contribution in [0.2, 0.25) is 0 Å². The molecule has 1 aromatic heterocycles. The molecule has 82 valence electrons. The highest BCUT2D eigenvalue weighted by Crippen LogP contribution is 2.27. The van der Waals surface area contributed by atoms with E-state index in [4.69, 9.17) is 0 Å². The minimum Gasteiger partial charge on any atom is -0.365 e. The van der Waals surface area contributed by atoms with Gasteiger partial charge in [-0.05, 0) is 21.0 Å². The summed E-state index contributed by atoms with van der Waals surface area (Å²) in [4.78, 5) is 18.0. The van der Waals surface area contributed by atoms with Crippen LogP contribution in [-0.4, -0.2) is 43.5 Å². The van der Waals surface area contributed by atoms with Crippen LogP contribution >= 0.6 is 11.3 Å². The molecule has 0 aliphatic heterocycles. The fourth-order valence-corrected chi connectivity index (χ4v) is 2.15. The fraction of sp³-hybridized carbons (Fsp3) is 0.500. The van der Waals surface area contributed by atoms with E-state index in [0.717, 1.165) is 15.7 Å². The van der Waals surface area contributed by atoms with Gasteiger partial charge in [0.25, 0.3) is 0 Å². The molecule has 0 bridgehead atoms. The Morgan fingerprint density at radius 3 is 2.67 bits per heavy atom. The number of thiazole rings is 1. The van der Waals surface area contributed by atoms with Crippen molar-refractivity contribution < 1.29 is 4.79 Å². The van der Waals surface area contributed by atoms with Crippen LogP contribution in [0.1, 0.15) is 10.6 Å². The molecule has 15 heavy (non-hydrogen) atoms. The highest BCUT2D eigenvalue weighted by atomic mass is 32.1. The maximum absolute atomic E-state index is 10.9. The molecule has 0 aromatic carbocycles. The molecule has 0 atom stereocenters. The lowest BCUT2D eigenvalue weighted by Crippen LogP contribution is -2.14. The summed E-state index contributed by atoms with van der Waals surface area (Å²) in [5.74, 6) is 2.00. The first kappa shape index (κ1) is 11.9. The number of nitrogens with one attached hydrogen (secondary N) is 1. The lowest BCUT2D eigenvalue weighted by molar-refractivity contribution is 0.463. The Hall–Kier alpha value is -1.16. The molecule has 0 spiro atoms. The van der Waals surface area contributed by atoms with Crippen molar-refractivity contribution in [2.45, 2.75) is 6.92 Å². The molecular weight excluding hydrogens is 210 g/mol. The van der Waals surface area contributed by atoms with E-state index >= 15 is 0 Å². The zero-order chi connectivity index (χ0) is 11.4. The van der Waals surface area contributed by atoms with Crippen molar-refractivity contribution in [2.24, 2.45) is 0 Å². The molecule has 0 saturated heterocycles. The second kappa shape index (κ2) is 5.07. The van der Waals surface area contributed by atoms with E-state index in [2.05, 4.69) is 10.3 Å². The maximum Gasteiger partial charge on any atom is 0.183 e. The maximum atomic E-state index is 10.9. The minimum absolute atomic E-state index is 0.593. The molecule has 0 unspecified atom stereocenters. The van der Waals surface area contributed by atoms with Crippen molar-refractivity contribution in [3.8, 4) is 0 Å². The van der Waals surface area contributed by atoms with Gasteiger partial charge in [0.05, 0.1) is 16.1 Å². The van der Waals surface area contributed by atoms with Gasteiger partial charge in [0.15, 0.2) is 5.13 Å². The van der Waals surface area contributed by atoms with Crippen LogP contribution in [0.4, 0.5) is 5.13 Å². The van der Waals surface area contributed by atoms with Crippen LogP contribution in [0.15, 0.2) is 0 Å². The van der Waals surface area contributed by atoms with Gasteiger partial charge in [0.2, 0.25) is 0 Å². The van der Waals surface area contributed by atoms with Gasteiger partial charge >= 0.3 is 0 Å². The van der Waals surface area contributed by atoms with Gasteiger partial charge in [-0.25, -0.2) is 9.78 Å². The molecule has 0 saturated carbocycles. The van der Waals surface area contributed by atoms with Crippen molar-refractivity contribution in [3.05, 3.63) is 10.6 Å². The first-order valence-corrected chi connectivity index (χ1v) is 5.44. The van der Waals surface area contributed by atoms with Crippen LogP contribution in [0.5, 0.6) is 0 Å². The summed E-state index contributed by atoms with van der Waals surface area (Å²) in [6.45, 7) is 2.50. The van der Waals surface area contributed by atoms with E-state index in [1.54, 1.807) is 0 Å². The Bertz CT molecular complexity index is 391. The van der Waals surface area contributed by atoms with E-state index in [9.17, 15) is 4.79 Å². The number of aryl methyl sites for hydroxylation is 1. The average molecular weight is 225 g/mol. The van der Waals surface area contributed by atoms with E-state index in [1.165, 1.54) is 11.3 Å². The molecule has 0 amide bonds.